The van der Waals surface area contributed by atoms with Gasteiger partial charge in [-0.1, -0.05) is 6.42 Å². The summed E-state index contributed by atoms with van der Waals surface area (Å²) in [6.07, 6.45) is 6.72. The number of fused-ring (bicyclic) bond motifs is 2. The van der Waals surface area contributed by atoms with Crippen LogP contribution < -0.4 is 4.90 Å². The van der Waals surface area contributed by atoms with Gasteiger partial charge in [0.2, 0.25) is 11.9 Å². The van der Waals surface area contributed by atoms with Crippen molar-refractivity contribution < 1.29 is 4.79 Å². The second-order valence-electron chi connectivity index (χ2n) is 7.94. The lowest BCUT2D eigenvalue weighted by atomic mass is 10.0. The van der Waals surface area contributed by atoms with Crippen molar-refractivity contribution in [1.82, 2.24) is 19.4 Å². The fourth-order valence-electron chi connectivity index (χ4n) is 5.11. The second-order valence-corrected chi connectivity index (χ2v) is 7.94. The summed E-state index contributed by atoms with van der Waals surface area (Å²) in [5.74, 6) is 2.96. The molecule has 3 aliphatic rings. The minimum Gasteiger partial charge on any atom is -0.342 e. The van der Waals surface area contributed by atoms with Gasteiger partial charge in [-0.3, -0.25) is 9.36 Å². The van der Waals surface area contributed by atoms with Crippen LogP contribution in [0.2, 0.25) is 0 Å². The zero-order valence-electron chi connectivity index (χ0n) is 14.8. The molecular formula is C19H25N5O. The van der Waals surface area contributed by atoms with Crippen LogP contribution in [0.4, 0.5) is 5.95 Å². The SMILES string of the molecule is Cn1c(N2CCC(C(=O)N3CC4CCCC4C3)C2)nc2cccnc21. The number of hydrogen-bond donors (Lipinski definition) is 0. The fraction of sp³-hybridized carbons (Fsp3) is 0.632. The number of aryl methyl sites for hydroxylation is 1. The predicted molar refractivity (Wildman–Crippen MR) is 96.2 cm³/mol. The number of carbonyl (C=O) groups excluding carboxylic acids is 1. The molecule has 3 fully saturated rings. The number of likely N-dealkylation sites (tertiary alicyclic amines) is 1. The molecule has 2 aromatic heterocycles. The molecule has 1 amide bonds. The lowest BCUT2D eigenvalue weighted by Gasteiger charge is -2.22. The van der Waals surface area contributed by atoms with Crippen molar-refractivity contribution in [2.45, 2.75) is 25.7 Å². The predicted octanol–water partition coefficient (Wildman–Crippen LogP) is 2.05. The van der Waals surface area contributed by atoms with E-state index in [-0.39, 0.29) is 5.92 Å². The molecule has 1 aliphatic carbocycles. The Kier molecular flexibility index (Phi) is 3.47. The van der Waals surface area contributed by atoms with Crippen LogP contribution in [0.15, 0.2) is 18.3 Å². The summed E-state index contributed by atoms with van der Waals surface area (Å²) in [5.41, 5.74) is 1.82. The van der Waals surface area contributed by atoms with Gasteiger partial charge in [-0.25, -0.2) is 9.97 Å². The first-order valence-electron chi connectivity index (χ1n) is 9.52. The molecule has 6 nitrogen and oxygen atoms in total. The van der Waals surface area contributed by atoms with Crippen LogP contribution in [0.3, 0.4) is 0 Å². The van der Waals surface area contributed by atoms with Crippen LogP contribution in [0.25, 0.3) is 11.2 Å². The monoisotopic (exact) mass is 339 g/mol. The summed E-state index contributed by atoms with van der Waals surface area (Å²) in [6.45, 7) is 3.67. The van der Waals surface area contributed by atoms with E-state index in [4.69, 9.17) is 4.98 Å². The van der Waals surface area contributed by atoms with Crippen molar-refractivity contribution >= 4 is 23.0 Å². The molecule has 0 spiro atoms. The van der Waals surface area contributed by atoms with Crippen LogP contribution in [-0.4, -0.2) is 51.5 Å². The molecule has 0 radical (unpaired) electrons. The zero-order chi connectivity index (χ0) is 17.0. The van der Waals surface area contributed by atoms with Gasteiger partial charge < -0.3 is 9.80 Å². The number of amides is 1. The zero-order valence-corrected chi connectivity index (χ0v) is 14.8. The van der Waals surface area contributed by atoms with Crippen LogP contribution in [-0.2, 0) is 11.8 Å². The number of anilines is 1. The fourth-order valence-corrected chi connectivity index (χ4v) is 5.11. The Labute approximate surface area is 147 Å². The molecule has 25 heavy (non-hydrogen) atoms. The van der Waals surface area contributed by atoms with Crippen LogP contribution >= 0.6 is 0 Å². The van der Waals surface area contributed by atoms with Gasteiger partial charge in [-0.2, -0.15) is 0 Å². The van der Waals surface area contributed by atoms with Crippen molar-refractivity contribution in [1.29, 1.82) is 0 Å². The third-order valence-corrected chi connectivity index (χ3v) is 6.46. The standard InChI is InChI=1S/C19H25N5O/c1-22-17-16(6-3-8-20-17)21-19(22)23-9-7-15(12-23)18(25)24-10-13-4-2-5-14(13)11-24/h3,6,8,13-15H,2,4-5,7,9-12H2,1H3. The summed E-state index contributed by atoms with van der Waals surface area (Å²) in [6, 6.07) is 3.91. The van der Waals surface area contributed by atoms with E-state index in [1.54, 1.807) is 6.20 Å². The molecule has 2 saturated heterocycles. The largest absolute Gasteiger partial charge is 0.342 e. The van der Waals surface area contributed by atoms with Crippen LogP contribution in [0.5, 0.6) is 0 Å². The first-order valence-corrected chi connectivity index (χ1v) is 9.52. The van der Waals surface area contributed by atoms with E-state index in [1.807, 2.05) is 23.7 Å². The number of nitrogens with zero attached hydrogens (tertiary/aromatic N) is 5. The summed E-state index contributed by atoms with van der Waals surface area (Å²) < 4.78 is 2.04. The Hall–Kier alpha value is -2.11. The number of hydrogen-bond acceptors (Lipinski definition) is 4. The van der Waals surface area contributed by atoms with E-state index < -0.39 is 0 Å². The Balaban J connectivity index is 1.31. The number of aromatic nitrogens is 3. The Bertz CT molecular complexity index is 803. The molecule has 3 atom stereocenters. The Morgan fingerprint density at radius 1 is 1.16 bits per heavy atom. The van der Waals surface area contributed by atoms with Gasteiger partial charge in [0, 0.05) is 39.4 Å². The first-order chi connectivity index (χ1) is 12.2. The highest BCUT2D eigenvalue weighted by Crippen LogP contribution is 2.38. The van der Waals surface area contributed by atoms with Crippen molar-refractivity contribution in [2.24, 2.45) is 24.8 Å². The maximum atomic E-state index is 13.0. The van der Waals surface area contributed by atoms with Gasteiger partial charge in [0.15, 0.2) is 5.65 Å². The molecule has 2 aromatic rings. The highest BCUT2D eigenvalue weighted by Gasteiger charge is 2.41. The smallest absolute Gasteiger partial charge is 0.227 e. The van der Waals surface area contributed by atoms with Gasteiger partial charge in [-0.15, -0.1) is 0 Å². The number of rotatable bonds is 2. The summed E-state index contributed by atoms with van der Waals surface area (Å²) in [5, 5.41) is 0. The summed E-state index contributed by atoms with van der Waals surface area (Å²) >= 11 is 0. The average Bonchev–Trinajstić information content (AvgIpc) is 3.37. The molecule has 0 bridgehead atoms. The van der Waals surface area contributed by atoms with Gasteiger partial charge in [-0.05, 0) is 43.2 Å². The van der Waals surface area contributed by atoms with E-state index in [9.17, 15) is 4.79 Å². The maximum Gasteiger partial charge on any atom is 0.227 e. The molecule has 6 heteroatoms. The molecule has 1 saturated carbocycles. The number of imidazole rings is 1. The summed E-state index contributed by atoms with van der Waals surface area (Å²) in [7, 11) is 2.01. The molecular weight excluding hydrogens is 314 g/mol. The third-order valence-electron chi connectivity index (χ3n) is 6.46. The van der Waals surface area contributed by atoms with E-state index in [0.29, 0.717) is 5.91 Å². The molecule has 0 aromatic carbocycles. The van der Waals surface area contributed by atoms with Crippen molar-refractivity contribution in [3.8, 4) is 0 Å². The first kappa shape index (κ1) is 15.2. The van der Waals surface area contributed by atoms with E-state index in [1.165, 1.54) is 19.3 Å². The van der Waals surface area contributed by atoms with Gasteiger partial charge >= 0.3 is 0 Å². The third kappa shape index (κ3) is 2.41. The maximum absolute atomic E-state index is 13.0. The van der Waals surface area contributed by atoms with E-state index >= 15 is 0 Å². The normalized spacial score (nSPS) is 28.9. The molecule has 4 heterocycles. The van der Waals surface area contributed by atoms with Crippen molar-refractivity contribution in [3.05, 3.63) is 18.3 Å². The topological polar surface area (TPSA) is 54.3 Å². The molecule has 132 valence electrons. The molecule has 2 aliphatic heterocycles. The lowest BCUT2D eigenvalue weighted by Crippen LogP contribution is -2.36. The molecule has 3 unspecified atom stereocenters. The molecule has 0 N–H and O–H groups in total. The van der Waals surface area contributed by atoms with Gasteiger partial charge in [0.1, 0.15) is 5.52 Å². The van der Waals surface area contributed by atoms with E-state index in [2.05, 4.69) is 14.8 Å². The Morgan fingerprint density at radius 3 is 2.72 bits per heavy atom. The minimum absolute atomic E-state index is 0.117. The summed E-state index contributed by atoms with van der Waals surface area (Å²) in [4.78, 5) is 26.5. The average molecular weight is 339 g/mol. The van der Waals surface area contributed by atoms with Crippen LogP contribution in [0.1, 0.15) is 25.7 Å². The minimum atomic E-state index is 0.117. The second kappa shape index (κ2) is 5.71. The van der Waals surface area contributed by atoms with E-state index in [0.717, 1.165) is 61.5 Å². The van der Waals surface area contributed by atoms with Crippen molar-refractivity contribution in [2.75, 3.05) is 31.1 Å². The van der Waals surface area contributed by atoms with Crippen molar-refractivity contribution in [3.63, 3.8) is 0 Å². The quantitative estimate of drug-likeness (QED) is 0.840. The Morgan fingerprint density at radius 2 is 1.96 bits per heavy atom. The molecule has 5 rings (SSSR count). The number of pyridine rings is 1. The van der Waals surface area contributed by atoms with Gasteiger partial charge in [0.25, 0.3) is 0 Å². The van der Waals surface area contributed by atoms with Crippen LogP contribution in [0, 0.1) is 17.8 Å². The highest BCUT2D eigenvalue weighted by atomic mass is 16.2. The van der Waals surface area contributed by atoms with Gasteiger partial charge in [0.05, 0.1) is 5.92 Å². The number of carbonyl (C=O) groups is 1. The lowest BCUT2D eigenvalue weighted by molar-refractivity contribution is -0.134. The highest BCUT2D eigenvalue weighted by molar-refractivity contribution is 5.81.